The Morgan fingerprint density at radius 2 is 1.04 bits per heavy atom. The van der Waals surface area contributed by atoms with Crippen LogP contribution in [0.2, 0.25) is 85.8 Å². The molecule has 0 bridgehead atoms. The minimum absolute atomic E-state index is 0.00348. The van der Waals surface area contributed by atoms with Crippen LogP contribution in [0.5, 0.6) is 0 Å². The maximum atomic E-state index is 15.0. The predicted octanol–water partition coefficient (Wildman–Crippen LogP) is 24.9. The summed E-state index contributed by atoms with van der Waals surface area (Å²) in [6.07, 6.45) is 43.9. The van der Waals surface area contributed by atoms with E-state index < -0.39 is 51.6 Å². The molecule has 0 fully saturated rings. The van der Waals surface area contributed by atoms with E-state index in [2.05, 4.69) is 297 Å². The summed E-state index contributed by atoms with van der Waals surface area (Å²) in [6, 6.07) is 0. The van der Waals surface area contributed by atoms with Crippen LogP contribution in [0.1, 0.15) is 214 Å². The Morgan fingerprint density at radius 1 is 0.582 bits per heavy atom. The molecule has 0 saturated heterocycles. The van der Waals surface area contributed by atoms with Gasteiger partial charge in [0.2, 0.25) is 0 Å². The van der Waals surface area contributed by atoms with E-state index >= 15 is 4.79 Å². The third kappa shape index (κ3) is 31.0. The monoisotopic (exact) mass is 1550 g/mol. The summed E-state index contributed by atoms with van der Waals surface area (Å²) in [5.74, 6) is 0.352. The fraction of sp³-hybridized carbons (Fsp3) is 0.714. The molecule has 0 unspecified atom stereocenters. The number of halogens is 1. The third-order valence-electron chi connectivity index (χ3n) is 20.8. The van der Waals surface area contributed by atoms with Gasteiger partial charge in [-0.1, -0.05) is 139 Å². The van der Waals surface area contributed by atoms with Crippen molar-refractivity contribution in [3.8, 4) is 0 Å². The molecule has 0 amide bonds. The van der Waals surface area contributed by atoms with E-state index in [-0.39, 0.29) is 86.0 Å². The summed E-state index contributed by atoms with van der Waals surface area (Å²) in [6.45, 7) is 66.3. The first kappa shape index (κ1) is 87.7. The van der Waals surface area contributed by atoms with Crippen LogP contribution in [0, 0.1) is 23.7 Å². The molecule has 1 heterocycles. The van der Waals surface area contributed by atoms with Gasteiger partial charge in [-0.15, -0.1) is 0 Å². The van der Waals surface area contributed by atoms with E-state index in [1.165, 1.54) is 55.4 Å². The predicted molar refractivity (Wildman–Crippen MR) is 421 cm³/mol. The molecule has 0 aliphatic rings. The second-order valence-electron chi connectivity index (χ2n) is 32.9. The molecular formula is C77H140INO7Si4Sn. The fourth-order valence-electron chi connectivity index (χ4n) is 10.6. The normalized spacial score (nSPS) is 18.1. The molecule has 0 spiro atoms. The quantitative estimate of drug-likeness (QED) is 0.0277. The van der Waals surface area contributed by atoms with Crippen LogP contribution in [0.3, 0.4) is 0 Å². The van der Waals surface area contributed by atoms with Gasteiger partial charge in [0.25, 0.3) is 0 Å². The van der Waals surface area contributed by atoms with E-state index in [4.69, 9.17) is 31.8 Å². The molecule has 10 atom stereocenters. The van der Waals surface area contributed by atoms with Crippen LogP contribution in [0.4, 0.5) is 0 Å². The number of rotatable bonds is 41. The Labute approximate surface area is 584 Å². The van der Waals surface area contributed by atoms with Crippen LogP contribution >= 0.6 is 22.6 Å². The van der Waals surface area contributed by atoms with Crippen molar-refractivity contribution in [2.24, 2.45) is 23.7 Å². The molecular weight excluding hydrogens is 1410 g/mol. The van der Waals surface area contributed by atoms with Crippen LogP contribution in [0.25, 0.3) is 6.08 Å². The number of carbonyl (C=O) groups is 1. The molecule has 522 valence electrons. The van der Waals surface area contributed by atoms with E-state index in [1.807, 2.05) is 24.3 Å². The average molecular weight is 1550 g/mol. The van der Waals surface area contributed by atoms with E-state index in [0.29, 0.717) is 12.3 Å². The zero-order chi connectivity index (χ0) is 70.0. The summed E-state index contributed by atoms with van der Waals surface area (Å²) in [5, 5.41) is 0.174. The molecule has 8 nitrogen and oxygen atoms in total. The Hall–Kier alpha value is -1.26. The number of nitrogens with zero attached hydrogens (tertiary/aromatic N) is 1. The van der Waals surface area contributed by atoms with Crippen molar-refractivity contribution in [2.75, 3.05) is 7.11 Å². The molecule has 0 aliphatic carbocycles. The van der Waals surface area contributed by atoms with Gasteiger partial charge < -0.3 is 22.4 Å². The van der Waals surface area contributed by atoms with Crippen LogP contribution in [0.15, 0.2) is 109 Å². The maximum absolute atomic E-state index is 15.0. The molecule has 1 aromatic rings. The van der Waals surface area contributed by atoms with Crippen LogP contribution in [-0.2, 0) is 27.2 Å². The molecule has 91 heavy (non-hydrogen) atoms. The number of hydrogen-bond acceptors (Lipinski definition) is 8. The van der Waals surface area contributed by atoms with Crippen molar-refractivity contribution in [3.63, 3.8) is 0 Å². The molecule has 0 N–H and O–H groups in total. The molecule has 0 radical (unpaired) electrons. The summed E-state index contributed by atoms with van der Waals surface area (Å²) < 4.78 is 49.3. The van der Waals surface area contributed by atoms with Gasteiger partial charge in [0.05, 0.1) is 24.2 Å². The second kappa shape index (κ2) is 40.0. The first-order valence-electron chi connectivity index (χ1n) is 35.2. The van der Waals surface area contributed by atoms with Gasteiger partial charge in [0.1, 0.15) is 12.0 Å². The SMILES string of the molecule is CCC[CH2][Sn](/[CH]=C/C=C/C=C\C(=O)[C@H]([C@@H](C)[C@H](C[C@@H](C)O[Si](C)(C)C(C)(C)C)O[Si](C)(C)C(C)(C)C)[C@@H](C)/C=C/C=C/C=C[C@@H](C[C@@H](OC)[C@@H](C)c1nc(/C=C/C=C/[C@H](O[Si](C)(C)C(C)(C)C)[C@H](C)/C=C(\C)I)co1)O[Si](C)(C)C(C)(C)C)([CH2]CCC)[CH2]CCC. The zero-order valence-electron chi connectivity index (χ0n) is 64.1. The molecule has 0 saturated carbocycles. The van der Waals surface area contributed by atoms with Gasteiger partial charge in [-0.2, -0.15) is 0 Å². The van der Waals surface area contributed by atoms with E-state index in [1.54, 1.807) is 13.4 Å². The number of oxazole rings is 1. The van der Waals surface area contributed by atoms with Gasteiger partial charge in [-0.3, -0.25) is 0 Å². The first-order chi connectivity index (χ1) is 41.8. The van der Waals surface area contributed by atoms with Crippen molar-refractivity contribution < 1.29 is 31.7 Å². The summed E-state index contributed by atoms with van der Waals surface area (Å²) in [5.41, 5.74) is 0.754. The molecule has 1 rings (SSSR count). The third-order valence-corrected chi connectivity index (χ3v) is 53.4. The molecule has 0 aromatic carbocycles. The number of carbonyl (C=O) groups excluding carboxylic acids is 1. The summed E-state index contributed by atoms with van der Waals surface area (Å²) in [4.78, 5) is 19.9. The Morgan fingerprint density at radius 3 is 1.54 bits per heavy atom. The van der Waals surface area contributed by atoms with Crippen LogP contribution < -0.4 is 0 Å². The number of unbranched alkanes of at least 4 members (excludes halogenated alkanes) is 3. The standard InChI is InChI=1S/C65H113INO7Si4.3C4H9.Sn/c1-29-30-31-36-42-56(68)60(52(6)59(74-78(27,28)65(17,18)19)45-51(5)71-75(21,22)62(8,9)10)48(2)39-34-32-33-35-41-55(72-76(23,24)63(11,12)13)46-58(69-20)53(7)61-67-54(47-70-61)40-37-38-43-57(49(3)44-50(4)66)73-77(25,26)64(14,15)16;3*1-3-4-2;/h1,29-44,47-49,51-53,55,57-60H,45-46H2,2-28H3;3*1,3-4H2,2H3;/b29-1?,31-30+,33-32+,39-34+,40-37+,41-35?,42-36-,43-38+,50-44+;;;;/t48-,49+,51+,52-,53+,55-,57-,58+,59-,60-;;;;/m0..../s1. The van der Waals surface area contributed by atoms with Crippen molar-refractivity contribution in [2.45, 2.75) is 319 Å². The van der Waals surface area contributed by atoms with E-state index in [0.717, 1.165) is 12.1 Å². The van der Waals surface area contributed by atoms with Gasteiger partial charge in [-0.25, -0.2) is 4.98 Å². The number of hydrogen-bond donors (Lipinski definition) is 0. The topological polar surface area (TPSA) is 89.3 Å². The molecule has 14 heteroatoms. The van der Waals surface area contributed by atoms with Crippen LogP contribution in [-0.4, -0.2) is 100 Å². The van der Waals surface area contributed by atoms with Gasteiger partial charge in [0, 0.05) is 19.4 Å². The second-order valence-corrected chi connectivity index (χ2v) is 66.7. The zero-order valence-corrected chi connectivity index (χ0v) is 73.1. The Balaban J connectivity index is 3.81. The van der Waals surface area contributed by atoms with Gasteiger partial charge >= 0.3 is 217 Å². The fourth-order valence-corrected chi connectivity index (χ4v) is 30.7. The number of allylic oxidation sites excluding steroid dienone is 13. The van der Waals surface area contributed by atoms with Crippen molar-refractivity contribution in [1.82, 2.24) is 4.98 Å². The molecule has 1 aromatic heterocycles. The number of methoxy groups -OCH3 is 1. The molecule has 0 aliphatic heterocycles. The number of aromatic nitrogens is 1. The Kier molecular flexibility index (Phi) is 38.5. The van der Waals surface area contributed by atoms with Crippen molar-refractivity contribution >= 4 is 86.1 Å². The van der Waals surface area contributed by atoms with E-state index in [9.17, 15) is 0 Å². The van der Waals surface area contributed by atoms with Gasteiger partial charge in [-0.05, 0) is 119 Å². The Bertz CT molecular complexity index is 2520. The number of ether oxygens (including phenoxy) is 1. The summed E-state index contributed by atoms with van der Waals surface area (Å²) in [7, 11) is -6.83. The average Bonchev–Trinajstić information content (AvgIpc) is 1.43. The minimum atomic E-state index is -2.45. The number of ketones is 1. The van der Waals surface area contributed by atoms with Crippen molar-refractivity contribution in [1.29, 1.82) is 0 Å². The first-order valence-corrected chi connectivity index (χ1v) is 55.7. The van der Waals surface area contributed by atoms with Crippen molar-refractivity contribution in [3.05, 3.63) is 117 Å². The summed E-state index contributed by atoms with van der Waals surface area (Å²) >= 11 is -0.0594. The van der Waals surface area contributed by atoms with Gasteiger partial charge in [0.15, 0.2) is 30.8 Å².